The summed E-state index contributed by atoms with van der Waals surface area (Å²) in [5.41, 5.74) is 6.69. The van der Waals surface area contributed by atoms with Crippen LogP contribution in [0.5, 0.6) is 0 Å². The zero-order valence-electron chi connectivity index (χ0n) is 16.2. The van der Waals surface area contributed by atoms with E-state index in [0.29, 0.717) is 0 Å². The van der Waals surface area contributed by atoms with Gasteiger partial charge in [0.2, 0.25) is 0 Å². The highest BCUT2D eigenvalue weighted by Gasteiger charge is 2.48. The van der Waals surface area contributed by atoms with Gasteiger partial charge in [-0.25, -0.2) is 0 Å². The molecular formula is C28H18ClN. The molecule has 0 N–H and O–H groups in total. The Morgan fingerprint density at radius 1 is 0.700 bits per heavy atom. The highest BCUT2D eigenvalue weighted by atomic mass is 35.5. The molecule has 0 bridgehead atoms. The SMILES string of the molecule is Clc1cc2ccccc2c2c1-c1ccccc1C2(c1ccccc1)c1cccnc1. The van der Waals surface area contributed by atoms with Crippen LogP contribution in [0, 0.1) is 0 Å². The lowest BCUT2D eigenvalue weighted by molar-refractivity contribution is 0.769. The first-order chi connectivity index (χ1) is 14.8. The maximum Gasteiger partial charge on any atom is 0.0734 e. The van der Waals surface area contributed by atoms with Crippen molar-refractivity contribution in [2.24, 2.45) is 0 Å². The smallest absolute Gasteiger partial charge is 0.0734 e. The third kappa shape index (κ3) is 2.21. The number of nitrogens with zero attached hydrogens (tertiary/aromatic N) is 1. The number of benzene rings is 4. The first-order valence-electron chi connectivity index (χ1n) is 10.1. The van der Waals surface area contributed by atoms with E-state index in [9.17, 15) is 0 Å². The first kappa shape index (κ1) is 17.4. The van der Waals surface area contributed by atoms with E-state index >= 15 is 0 Å². The second-order valence-corrected chi connectivity index (χ2v) is 8.14. The van der Waals surface area contributed by atoms with Gasteiger partial charge in [-0.1, -0.05) is 96.5 Å². The van der Waals surface area contributed by atoms with E-state index in [1.165, 1.54) is 27.6 Å². The van der Waals surface area contributed by atoms with E-state index in [0.717, 1.165) is 21.5 Å². The summed E-state index contributed by atoms with van der Waals surface area (Å²) >= 11 is 6.96. The summed E-state index contributed by atoms with van der Waals surface area (Å²) in [6.07, 6.45) is 3.83. The summed E-state index contributed by atoms with van der Waals surface area (Å²) in [5.74, 6) is 0. The van der Waals surface area contributed by atoms with Crippen molar-refractivity contribution < 1.29 is 0 Å². The molecule has 2 heteroatoms. The highest BCUT2D eigenvalue weighted by molar-refractivity contribution is 6.35. The molecule has 0 saturated heterocycles. The van der Waals surface area contributed by atoms with Crippen molar-refractivity contribution in [2.45, 2.75) is 5.41 Å². The number of aromatic nitrogens is 1. The van der Waals surface area contributed by atoms with E-state index in [2.05, 4.69) is 96.0 Å². The van der Waals surface area contributed by atoms with Crippen LogP contribution in [0.15, 0.2) is 109 Å². The Morgan fingerprint density at radius 2 is 1.43 bits per heavy atom. The molecule has 1 aliphatic carbocycles. The Balaban J connectivity index is 1.91. The molecule has 1 unspecified atom stereocenters. The molecule has 142 valence electrons. The van der Waals surface area contributed by atoms with Crippen molar-refractivity contribution in [2.75, 3.05) is 0 Å². The summed E-state index contributed by atoms with van der Waals surface area (Å²) in [6.45, 7) is 0. The van der Waals surface area contributed by atoms with E-state index < -0.39 is 5.41 Å². The Bertz CT molecular complexity index is 1350. The van der Waals surface area contributed by atoms with Crippen LogP contribution in [0.1, 0.15) is 22.3 Å². The number of halogens is 1. The molecule has 1 nitrogen and oxygen atoms in total. The molecule has 0 amide bonds. The highest BCUT2D eigenvalue weighted by Crippen LogP contribution is 2.59. The van der Waals surface area contributed by atoms with Crippen LogP contribution >= 0.6 is 11.6 Å². The van der Waals surface area contributed by atoms with Gasteiger partial charge in [0.25, 0.3) is 0 Å². The molecule has 1 heterocycles. The maximum atomic E-state index is 6.96. The van der Waals surface area contributed by atoms with Crippen LogP contribution in [0.4, 0.5) is 0 Å². The number of pyridine rings is 1. The second-order valence-electron chi connectivity index (χ2n) is 7.73. The lowest BCUT2D eigenvalue weighted by Crippen LogP contribution is -2.29. The average molecular weight is 404 g/mol. The fourth-order valence-corrected chi connectivity index (χ4v) is 5.48. The zero-order valence-corrected chi connectivity index (χ0v) is 17.0. The molecule has 0 aliphatic heterocycles. The van der Waals surface area contributed by atoms with Gasteiger partial charge >= 0.3 is 0 Å². The van der Waals surface area contributed by atoms with Crippen LogP contribution in [-0.2, 0) is 5.41 Å². The van der Waals surface area contributed by atoms with Crippen LogP contribution < -0.4 is 0 Å². The van der Waals surface area contributed by atoms with Crippen molar-refractivity contribution in [3.05, 3.63) is 137 Å². The molecule has 4 aromatic carbocycles. The third-order valence-corrected chi connectivity index (χ3v) is 6.58. The van der Waals surface area contributed by atoms with E-state index in [4.69, 9.17) is 11.6 Å². The summed E-state index contributed by atoms with van der Waals surface area (Å²) in [5, 5.41) is 3.16. The third-order valence-electron chi connectivity index (χ3n) is 6.28. The molecule has 30 heavy (non-hydrogen) atoms. The van der Waals surface area contributed by atoms with E-state index in [1.807, 2.05) is 18.5 Å². The fraction of sp³-hybridized carbons (Fsp3) is 0.0357. The van der Waals surface area contributed by atoms with Gasteiger partial charge < -0.3 is 0 Å². The van der Waals surface area contributed by atoms with Gasteiger partial charge in [0.15, 0.2) is 0 Å². The maximum absolute atomic E-state index is 6.96. The summed E-state index contributed by atoms with van der Waals surface area (Å²) in [7, 11) is 0. The van der Waals surface area contributed by atoms with E-state index in [-0.39, 0.29) is 0 Å². The number of fused-ring (bicyclic) bond motifs is 5. The molecule has 6 rings (SSSR count). The predicted octanol–water partition coefficient (Wildman–Crippen LogP) is 7.25. The average Bonchev–Trinajstić information content (AvgIpc) is 3.13. The van der Waals surface area contributed by atoms with Crippen LogP contribution in [0.25, 0.3) is 21.9 Å². The summed E-state index contributed by atoms with van der Waals surface area (Å²) in [4.78, 5) is 4.52. The summed E-state index contributed by atoms with van der Waals surface area (Å²) in [6, 6.07) is 34.2. The molecule has 1 aliphatic rings. The van der Waals surface area contributed by atoms with Gasteiger partial charge in [-0.3, -0.25) is 4.98 Å². The minimum atomic E-state index is -0.480. The quantitative estimate of drug-likeness (QED) is 0.296. The van der Waals surface area contributed by atoms with Gasteiger partial charge in [-0.15, -0.1) is 0 Å². The largest absolute Gasteiger partial charge is 0.264 e. The van der Waals surface area contributed by atoms with Crippen molar-refractivity contribution in [3.63, 3.8) is 0 Å². The minimum absolute atomic E-state index is 0.480. The predicted molar refractivity (Wildman–Crippen MR) is 124 cm³/mol. The lowest BCUT2D eigenvalue weighted by Gasteiger charge is -2.34. The molecule has 0 fully saturated rings. The second kappa shape index (κ2) is 6.55. The van der Waals surface area contributed by atoms with Crippen molar-refractivity contribution in [1.82, 2.24) is 4.98 Å². The minimum Gasteiger partial charge on any atom is -0.264 e. The van der Waals surface area contributed by atoms with Crippen LogP contribution in [0.3, 0.4) is 0 Å². The molecule has 1 atom stereocenters. The van der Waals surface area contributed by atoms with Crippen LogP contribution in [-0.4, -0.2) is 4.98 Å². The molecular weight excluding hydrogens is 386 g/mol. The Morgan fingerprint density at radius 3 is 2.27 bits per heavy atom. The Kier molecular flexibility index (Phi) is 3.81. The van der Waals surface area contributed by atoms with Gasteiger partial charge in [-0.2, -0.15) is 0 Å². The molecule has 0 spiro atoms. The molecule has 0 radical (unpaired) electrons. The van der Waals surface area contributed by atoms with Gasteiger partial charge in [-0.05, 0) is 50.7 Å². The van der Waals surface area contributed by atoms with Crippen molar-refractivity contribution in [3.8, 4) is 11.1 Å². The van der Waals surface area contributed by atoms with Gasteiger partial charge in [0, 0.05) is 23.0 Å². The first-order valence-corrected chi connectivity index (χ1v) is 10.5. The molecule has 0 saturated carbocycles. The zero-order chi connectivity index (χ0) is 20.1. The summed E-state index contributed by atoms with van der Waals surface area (Å²) < 4.78 is 0. The lowest BCUT2D eigenvalue weighted by atomic mass is 9.67. The standard InChI is InChI=1S/C28H18ClN/c29-25-17-19-9-4-5-13-22(19)27-26(25)23-14-6-7-15-24(23)28(27,20-10-2-1-3-11-20)21-12-8-16-30-18-21/h1-18H. The van der Waals surface area contributed by atoms with Crippen molar-refractivity contribution >= 4 is 22.4 Å². The van der Waals surface area contributed by atoms with Crippen LogP contribution in [0.2, 0.25) is 5.02 Å². The topological polar surface area (TPSA) is 12.9 Å². The Labute approximate surface area is 180 Å². The normalized spacial score (nSPS) is 17.0. The van der Waals surface area contributed by atoms with Gasteiger partial charge in [0.05, 0.1) is 5.41 Å². The fourth-order valence-electron chi connectivity index (χ4n) is 5.17. The Hall–Kier alpha value is -3.42. The number of hydrogen-bond acceptors (Lipinski definition) is 1. The van der Waals surface area contributed by atoms with Crippen molar-refractivity contribution in [1.29, 1.82) is 0 Å². The molecule has 5 aromatic rings. The van der Waals surface area contributed by atoms with Gasteiger partial charge in [0.1, 0.15) is 0 Å². The molecule has 1 aromatic heterocycles. The number of rotatable bonds is 2. The van der Waals surface area contributed by atoms with E-state index in [1.54, 1.807) is 0 Å². The number of hydrogen-bond donors (Lipinski definition) is 0. The monoisotopic (exact) mass is 403 g/mol.